The van der Waals surface area contributed by atoms with Crippen molar-refractivity contribution >= 4 is 5.91 Å². The van der Waals surface area contributed by atoms with Crippen LogP contribution in [0.3, 0.4) is 0 Å². The Balaban J connectivity index is 1.58. The number of hydrogen-bond acceptors (Lipinski definition) is 2. The van der Waals surface area contributed by atoms with Crippen LogP contribution in [0.5, 0.6) is 0 Å². The van der Waals surface area contributed by atoms with Crippen molar-refractivity contribution in [2.45, 2.75) is 19.8 Å². The van der Waals surface area contributed by atoms with E-state index < -0.39 is 0 Å². The standard InChI is InChI=1S/C21H20FN3O/c1-14-4-2-3-5-17(14)20-18-10-12-25(13-11-19(18)23-24-20)21(26)15-6-8-16(22)9-7-15/h2-9H,10-13H2,1H3,(H,23,24). The monoisotopic (exact) mass is 349 g/mol. The number of benzene rings is 2. The third-order valence-corrected chi connectivity index (χ3v) is 4.99. The number of carbonyl (C=O) groups excluding carboxylic acids is 1. The van der Waals surface area contributed by atoms with Crippen molar-refractivity contribution in [1.82, 2.24) is 15.1 Å². The van der Waals surface area contributed by atoms with Gasteiger partial charge >= 0.3 is 0 Å². The largest absolute Gasteiger partial charge is 0.338 e. The number of nitrogens with one attached hydrogen (secondary N) is 1. The summed E-state index contributed by atoms with van der Waals surface area (Å²) in [4.78, 5) is 14.6. The molecule has 4 rings (SSSR count). The van der Waals surface area contributed by atoms with Gasteiger partial charge in [-0.2, -0.15) is 5.10 Å². The maximum Gasteiger partial charge on any atom is 0.253 e. The molecule has 4 nitrogen and oxygen atoms in total. The molecule has 0 radical (unpaired) electrons. The van der Waals surface area contributed by atoms with Gasteiger partial charge in [0, 0.05) is 41.9 Å². The number of fused-ring (bicyclic) bond motifs is 1. The Labute approximate surface area is 151 Å². The highest BCUT2D eigenvalue weighted by atomic mass is 19.1. The highest BCUT2D eigenvalue weighted by Crippen LogP contribution is 2.29. The predicted octanol–water partition coefficient (Wildman–Crippen LogP) is 3.77. The van der Waals surface area contributed by atoms with Crippen molar-refractivity contribution < 1.29 is 9.18 Å². The molecule has 1 aliphatic rings. The normalized spacial score (nSPS) is 14.0. The Hall–Kier alpha value is -2.95. The molecular formula is C21H20FN3O. The number of hydrogen-bond donors (Lipinski definition) is 1. The molecular weight excluding hydrogens is 329 g/mol. The Morgan fingerprint density at radius 2 is 1.81 bits per heavy atom. The molecule has 1 aliphatic heterocycles. The molecule has 0 saturated heterocycles. The van der Waals surface area contributed by atoms with E-state index in [1.807, 2.05) is 17.0 Å². The van der Waals surface area contributed by atoms with Gasteiger partial charge in [0.15, 0.2) is 0 Å². The molecule has 0 bridgehead atoms. The second-order valence-corrected chi connectivity index (χ2v) is 6.64. The van der Waals surface area contributed by atoms with Gasteiger partial charge in [-0.15, -0.1) is 0 Å². The smallest absolute Gasteiger partial charge is 0.253 e. The Morgan fingerprint density at radius 1 is 1.08 bits per heavy atom. The summed E-state index contributed by atoms with van der Waals surface area (Å²) in [6.45, 7) is 3.33. The van der Waals surface area contributed by atoms with Crippen LogP contribution in [-0.4, -0.2) is 34.1 Å². The maximum absolute atomic E-state index is 13.1. The van der Waals surface area contributed by atoms with Crippen LogP contribution < -0.4 is 0 Å². The molecule has 0 atom stereocenters. The number of amides is 1. The molecule has 0 spiro atoms. The van der Waals surface area contributed by atoms with Gasteiger partial charge in [-0.1, -0.05) is 24.3 Å². The van der Waals surface area contributed by atoms with E-state index in [0.29, 0.717) is 18.7 Å². The highest BCUT2D eigenvalue weighted by Gasteiger charge is 2.24. The van der Waals surface area contributed by atoms with Crippen LogP contribution in [0, 0.1) is 12.7 Å². The van der Waals surface area contributed by atoms with Crippen LogP contribution in [0.1, 0.15) is 27.2 Å². The summed E-state index contributed by atoms with van der Waals surface area (Å²) in [6.07, 6.45) is 1.49. The molecule has 2 heterocycles. The molecule has 0 unspecified atom stereocenters. The molecule has 0 aliphatic carbocycles. The fourth-order valence-corrected chi connectivity index (χ4v) is 3.52. The van der Waals surface area contributed by atoms with Crippen molar-refractivity contribution in [2.24, 2.45) is 0 Å². The van der Waals surface area contributed by atoms with Gasteiger partial charge in [0.2, 0.25) is 0 Å². The molecule has 1 aromatic heterocycles. The minimum atomic E-state index is -0.332. The predicted molar refractivity (Wildman–Crippen MR) is 98.5 cm³/mol. The Kier molecular flexibility index (Phi) is 4.29. The number of rotatable bonds is 2. The SMILES string of the molecule is Cc1ccccc1-c1n[nH]c2c1CCN(C(=O)c1ccc(F)cc1)CC2. The quantitative estimate of drug-likeness (QED) is 0.766. The van der Waals surface area contributed by atoms with Crippen LogP contribution in [0.4, 0.5) is 4.39 Å². The maximum atomic E-state index is 13.1. The highest BCUT2D eigenvalue weighted by molar-refractivity contribution is 5.94. The second-order valence-electron chi connectivity index (χ2n) is 6.64. The van der Waals surface area contributed by atoms with Crippen LogP contribution in [-0.2, 0) is 12.8 Å². The lowest BCUT2D eigenvalue weighted by atomic mass is 9.99. The Bertz CT molecular complexity index is 946. The summed E-state index contributed by atoms with van der Waals surface area (Å²) in [5, 5.41) is 7.70. The first-order valence-corrected chi connectivity index (χ1v) is 8.80. The summed E-state index contributed by atoms with van der Waals surface area (Å²) >= 11 is 0. The number of H-pyrrole nitrogens is 1. The minimum absolute atomic E-state index is 0.0550. The zero-order chi connectivity index (χ0) is 18.1. The third kappa shape index (κ3) is 3.01. The Morgan fingerprint density at radius 3 is 2.58 bits per heavy atom. The molecule has 26 heavy (non-hydrogen) atoms. The van der Waals surface area contributed by atoms with E-state index in [9.17, 15) is 9.18 Å². The van der Waals surface area contributed by atoms with Crippen LogP contribution in [0.25, 0.3) is 11.3 Å². The average molecular weight is 349 g/mol. The van der Waals surface area contributed by atoms with Crippen molar-refractivity contribution in [2.75, 3.05) is 13.1 Å². The van der Waals surface area contributed by atoms with Gasteiger partial charge in [-0.05, 0) is 43.2 Å². The summed E-state index contributed by atoms with van der Waals surface area (Å²) in [5.41, 5.74) is 6.10. The zero-order valence-corrected chi connectivity index (χ0v) is 14.6. The lowest BCUT2D eigenvalue weighted by Crippen LogP contribution is -2.33. The molecule has 5 heteroatoms. The first kappa shape index (κ1) is 16.5. The summed E-state index contributed by atoms with van der Waals surface area (Å²) in [7, 11) is 0. The van der Waals surface area contributed by atoms with Crippen LogP contribution in [0.15, 0.2) is 48.5 Å². The molecule has 3 aromatic rings. The lowest BCUT2D eigenvalue weighted by Gasteiger charge is -2.20. The molecule has 1 amide bonds. The second kappa shape index (κ2) is 6.75. The summed E-state index contributed by atoms with van der Waals surface area (Å²) in [6, 6.07) is 13.9. The molecule has 132 valence electrons. The number of carbonyl (C=O) groups is 1. The fourth-order valence-electron chi connectivity index (χ4n) is 3.52. The van der Waals surface area contributed by atoms with E-state index >= 15 is 0 Å². The number of aromatic amines is 1. The van der Waals surface area contributed by atoms with Crippen molar-refractivity contribution in [3.05, 3.63) is 76.7 Å². The zero-order valence-electron chi connectivity index (χ0n) is 14.6. The van der Waals surface area contributed by atoms with E-state index in [4.69, 9.17) is 0 Å². The van der Waals surface area contributed by atoms with Gasteiger partial charge < -0.3 is 4.90 Å². The number of aromatic nitrogens is 2. The molecule has 0 saturated carbocycles. The van der Waals surface area contributed by atoms with E-state index in [1.165, 1.54) is 23.3 Å². The topological polar surface area (TPSA) is 49.0 Å². The van der Waals surface area contributed by atoms with Crippen molar-refractivity contribution in [3.8, 4) is 11.3 Å². The fraction of sp³-hybridized carbons (Fsp3) is 0.238. The van der Waals surface area contributed by atoms with Gasteiger partial charge in [-0.25, -0.2) is 4.39 Å². The average Bonchev–Trinajstić information content (AvgIpc) is 2.93. The number of halogens is 1. The minimum Gasteiger partial charge on any atom is -0.338 e. The third-order valence-electron chi connectivity index (χ3n) is 4.99. The molecule has 1 N–H and O–H groups in total. The van der Waals surface area contributed by atoms with Gasteiger partial charge in [0.25, 0.3) is 5.91 Å². The first-order valence-electron chi connectivity index (χ1n) is 8.80. The van der Waals surface area contributed by atoms with E-state index in [-0.39, 0.29) is 11.7 Å². The number of nitrogens with zero attached hydrogens (tertiary/aromatic N) is 2. The molecule has 2 aromatic carbocycles. The van der Waals surface area contributed by atoms with Crippen LogP contribution >= 0.6 is 0 Å². The summed E-state index contributed by atoms with van der Waals surface area (Å²) < 4.78 is 13.1. The van der Waals surface area contributed by atoms with Crippen molar-refractivity contribution in [1.29, 1.82) is 0 Å². The van der Waals surface area contributed by atoms with E-state index in [0.717, 1.165) is 29.8 Å². The van der Waals surface area contributed by atoms with E-state index in [1.54, 1.807) is 12.1 Å². The van der Waals surface area contributed by atoms with Crippen LogP contribution in [0.2, 0.25) is 0 Å². The van der Waals surface area contributed by atoms with Gasteiger partial charge in [-0.3, -0.25) is 9.89 Å². The van der Waals surface area contributed by atoms with E-state index in [2.05, 4.69) is 29.3 Å². The van der Waals surface area contributed by atoms with Crippen molar-refractivity contribution in [3.63, 3.8) is 0 Å². The van der Waals surface area contributed by atoms with Gasteiger partial charge in [0.05, 0.1) is 5.69 Å². The number of aryl methyl sites for hydroxylation is 1. The van der Waals surface area contributed by atoms with Gasteiger partial charge in [0.1, 0.15) is 5.82 Å². The first-order chi connectivity index (χ1) is 12.6. The summed E-state index contributed by atoms with van der Waals surface area (Å²) in [5.74, 6) is -0.387. The lowest BCUT2D eigenvalue weighted by molar-refractivity contribution is 0.0762. The molecule has 0 fully saturated rings.